The summed E-state index contributed by atoms with van der Waals surface area (Å²) in [4.78, 5) is 25.4. The van der Waals surface area contributed by atoms with Gasteiger partial charge in [0.15, 0.2) is 0 Å². The number of amides is 1. The summed E-state index contributed by atoms with van der Waals surface area (Å²) in [6.07, 6.45) is 14.2. The third kappa shape index (κ3) is 11.3. The molecule has 0 spiro atoms. The Kier molecular flexibility index (Phi) is 12.2. The Hall–Kier alpha value is -1.98. The Bertz CT molecular complexity index is 612. The van der Waals surface area contributed by atoms with E-state index in [4.69, 9.17) is 4.74 Å². The average molecular weight is 426 g/mol. The van der Waals surface area contributed by atoms with Crippen LogP contribution < -0.4 is 0 Å². The number of carbonyl (C=O) groups excluding carboxylic acids is 2. The molecule has 0 aromatic heterocycles. The van der Waals surface area contributed by atoms with E-state index in [-0.39, 0.29) is 36.9 Å². The standard InChI is InChI=1S/C24H37F2NO3/c1-4-5-6-10-17-24(25,26)18-12-13-21-15-16-22(28)27(21)19-11-8-7-9-14-23(29)30-20(2)3/h4-6,10,12-13,20-21H,7-9,11,14-19H2,1-3H3/b5-4-,10-6-,13-12+. The van der Waals surface area contributed by atoms with E-state index in [1.165, 1.54) is 12.2 Å². The average Bonchev–Trinajstić information content (AvgIpc) is 3.01. The number of allylic oxidation sites excluding steroid dienone is 5. The molecule has 1 unspecified atom stereocenters. The molecular weight excluding hydrogens is 388 g/mol. The second-order valence-electron chi connectivity index (χ2n) is 8.04. The second kappa shape index (κ2) is 14.1. The number of halogens is 2. The van der Waals surface area contributed by atoms with E-state index in [1.54, 1.807) is 29.2 Å². The molecule has 1 aliphatic heterocycles. The lowest BCUT2D eigenvalue weighted by Gasteiger charge is -2.22. The zero-order chi connectivity index (χ0) is 22.4. The third-order valence-corrected chi connectivity index (χ3v) is 4.90. The van der Waals surface area contributed by atoms with Crippen LogP contribution in [-0.2, 0) is 14.3 Å². The summed E-state index contributed by atoms with van der Waals surface area (Å²) in [5.74, 6) is -2.86. The summed E-state index contributed by atoms with van der Waals surface area (Å²) in [5.41, 5.74) is 0. The van der Waals surface area contributed by atoms with Gasteiger partial charge in [-0.3, -0.25) is 9.59 Å². The van der Waals surface area contributed by atoms with E-state index in [0.717, 1.165) is 25.7 Å². The summed E-state index contributed by atoms with van der Waals surface area (Å²) in [6.45, 7) is 6.13. The number of rotatable bonds is 14. The summed E-state index contributed by atoms with van der Waals surface area (Å²) in [6, 6.07) is -0.0899. The molecule has 0 saturated carbocycles. The highest BCUT2D eigenvalue weighted by atomic mass is 19.3. The quantitative estimate of drug-likeness (QED) is 0.149. The first-order chi connectivity index (χ1) is 14.2. The number of esters is 1. The highest BCUT2D eigenvalue weighted by Crippen LogP contribution is 2.26. The molecular formula is C24H37F2NO3. The highest BCUT2D eigenvalue weighted by Gasteiger charge is 2.29. The lowest BCUT2D eigenvalue weighted by Crippen LogP contribution is -2.32. The monoisotopic (exact) mass is 425 g/mol. The van der Waals surface area contributed by atoms with Crippen LogP contribution in [0.3, 0.4) is 0 Å². The molecule has 1 atom stereocenters. The zero-order valence-electron chi connectivity index (χ0n) is 18.6. The van der Waals surface area contributed by atoms with E-state index in [0.29, 0.717) is 25.8 Å². The van der Waals surface area contributed by atoms with Gasteiger partial charge in [-0.2, -0.15) is 0 Å². The fourth-order valence-electron chi connectivity index (χ4n) is 3.38. The molecule has 1 saturated heterocycles. The predicted molar refractivity (Wildman–Crippen MR) is 116 cm³/mol. The van der Waals surface area contributed by atoms with Gasteiger partial charge in [-0.1, -0.05) is 49.3 Å². The number of hydrogen-bond donors (Lipinski definition) is 0. The van der Waals surface area contributed by atoms with Gasteiger partial charge in [0.2, 0.25) is 5.91 Å². The van der Waals surface area contributed by atoms with Gasteiger partial charge in [0.1, 0.15) is 0 Å². The minimum atomic E-state index is -2.78. The minimum absolute atomic E-state index is 0.0849. The van der Waals surface area contributed by atoms with Gasteiger partial charge < -0.3 is 9.64 Å². The van der Waals surface area contributed by atoms with Gasteiger partial charge in [0, 0.05) is 32.2 Å². The topological polar surface area (TPSA) is 46.6 Å². The van der Waals surface area contributed by atoms with Crippen molar-refractivity contribution in [2.24, 2.45) is 0 Å². The van der Waals surface area contributed by atoms with Crippen molar-refractivity contribution in [2.45, 2.75) is 96.6 Å². The Morgan fingerprint density at radius 3 is 2.57 bits per heavy atom. The molecule has 0 radical (unpaired) electrons. The molecule has 1 fully saturated rings. The van der Waals surface area contributed by atoms with Crippen molar-refractivity contribution in [2.75, 3.05) is 6.54 Å². The maximum atomic E-state index is 13.9. The van der Waals surface area contributed by atoms with Crippen LogP contribution in [0, 0.1) is 0 Å². The molecule has 0 aliphatic carbocycles. The van der Waals surface area contributed by atoms with Crippen LogP contribution in [0.5, 0.6) is 0 Å². The summed E-state index contributed by atoms with van der Waals surface area (Å²) >= 11 is 0. The molecule has 1 amide bonds. The van der Waals surface area contributed by atoms with Crippen molar-refractivity contribution in [3.05, 3.63) is 36.5 Å². The van der Waals surface area contributed by atoms with Crippen molar-refractivity contribution in [1.82, 2.24) is 4.90 Å². The van der Waals surface area contributed by atoms with Crippen LogP contribution in [0.4, 0.5) is 8.78 Å². The maximum absolute atomic E-state index is 13.9. The molecule has 170 valence electrons. The Labute approximate surface area is 180 Å². The number of nitrogens with zero attached hydrogens (tertiary/aromatic N) is 1. The molecule has 0 aromatic rings. The van der Waals surface area contributed by atoms with Crippen LogP contribution in [0.15, 0.2) is 36.5 Å². The van der Waals surface area contributed by atoms with Crippen LogP contribution >= 0.6 is 0 Å². The van der Waals surface area contributed by atoms with E-state index in [1.807, 2.05) is 20.8 Å². The van der Waals surface area contributed by atoms with Gasteiger partial charge in [-0.05, 0) is 40.0 Å². The van der Waals surface area contributed by atoms with E-state index in [2.05, 4.69) is 0 Å². The SMILES string of the molecule is C/C=C\C=C/CC(F)(F)C/C=C/C1CCC(=O)N1CCCCCCC(=O)OC(C)C. The smallest absolute Gasteiger partial charge is 0.306 e. The first-order valence-electron chi connectivity index (χ1n) is 11.1. The first kappa shape index (κ1) is 26.1. The fourth-order valence-corrected chi connectivity index (χ4v) is 3.38. The predicted octanol–water partition coefficient (Wildman–Crippen LogP) is 5.98. The van der Waals surface area contributed by atoms with Gasteiger partial charge in [0.25, 0.3) is 5.92 Å². The maximum Gasteiger partial charge on any atom is 0.306 e. The summed E-state index contributed by atoms with van der Waals surface area (Å²) in [7, 11) is 0. The number of carbonyl (C=O) groups is 2. The van der Waals surface area contributed by atoms with Gasteiger partial charge in [0.05, 0.1) is 12.1 Å². The van der Waals surface area contributed by atoms with Gasteiger partial charge >= 0.3 is 5.97 Å². The first-order valence-corrected chi connectivity index (χ1v) is 11.1. The van der Waals surface area contributed by atoms with Crippen LogP contribution in [0.25, 0.3) is 0 Å². The van der Waals surface area contributed by atoms with E-state index >= 15 is 0 Å². The van der Waals surface area contributed by atoms with Crippen molar-refractivity contribution in [3.8, 4) is 0 Å². The molecule has 0 bridgehead atoms. The molecule has 4 nitrogen and oxygen atoms in total. The third-order valence-electron chi connectivity index (χ3n) is 4.90. The molecule has 1 heterocycles. The minimum Gasteiger partial charge on any atom is -0.463 e. The summed E-state index contributed by atoms with van der Waals surface area (Å²) < 4.78 is 32.9. The molecule has 1 aliphatic rings. The number of ether oxygens (including phenoxy) is 1. The normalized spacial score (nSPS) is 18.0. The Morgan fingerprint density at radius 1 is 1.17 bits per heavy atom. The second-order valence-corrected chi connectivity index (χ2v) is 8.04. The molecule has 6 heteroatoms. The lowest BCUT2D eigenvalue weighted by molar-refractivity contribution is -0.147. The number of likely N-dealkylation sites (tertiary alicyclic amines) is 1. The number of alkyl halides is 2. The largest absolute Gasteiger partial charge is 0.463 e. The lowest BCUT2D eigenvalue weighted by atomic mass is 10.1. The fraction of sp³-hybridized carbons (Fsp3) is 0.667. The van der Waals surface area contributed by atoms with Gasteiger partial charge in [-0.25, -0.2) is 8.78 Å². The highest BCUT2D eigenvalue weighted by molar-refractivity contribution is 5.79. The number of unbranched alkanes of at least 4 members (excludes halogenated alkanes) is 3. The van der Waals surface area contributed by atoms with E-state index < -0.39 is 5.92 Å². The van der Waals surface area contributed by atoms with Crippen molar-refractivity contribution in [3.63, 3.8) is 0 Å². The van der Waals surface area contributed by atoms with Crippen molar-refractivity contribution < 1.29 is 23.1 Å². The summed E-state index contributed by atoms with van der Waals surface area (Å²) in [5, 5.41) is 0. The van der Waals surface area contributed by atoms with Crippen LogP contribution in [0.1, 0.15) is 78.6 Å². The van der Waals surface area contributed by atoms with Crippen LogP contribution in [0.2, 0.25) is 0 Å². The molecule has 1 rings (SSSR count). The molecule has 0 aromatic carbocycles. The Balaban J connectivity index is 2.32. The van der Waals surface area contributed by atoms with Crippen molar-refractivity contribution in [1.29, 1.82) is 0 Å². The van der Waals surface area contributed by atoms with Crippen LogP contribution in [-0.4, -0.2) is 41.4 Å². The zero-order valence-corrected chi connectivity index (χ0v) is 18.6. The Morgan fingerprint density at radius 2 is 1.87 bits per heavy atom. The van der Waals surface area contributed by atoms with Gasteiger partial charge in [-0.15, -0.1) is 0 Å². The number of hydrogen-bond acceptors (Lipinski definition) is 3. The molecule has 0 N–H and O–H groups in total. The molecule has 30 heavy (non-hydrogen) atoms. The van der Waals surface area contributed by atoms with E-state index in [9.17, 15) is 18.4 Å². The van der Waals surface area contributed by atoms with Crippen molar-refractivity contribution >= 4 is 11.9 Å².